The zero-order valence-electron chi connectivity index (χ0n) is 15.7. The van der Waals surface area contributed by atoms with Gasteiger partial charge in [-0.05, 0) is 17.4 Å². The molecule has 0 bridgehead atoms. The Morgan fingerprint density at radius 2 is 1.65 bits per heavy atom. The van der Waals surface area contributed by atoms with Crippen molar-refractivity contribution in [1.29, 1.82) is 0 Å². The molecule has 0 aliphatic carbocycles. The lowest BCUT2D eigenvalue weighted by molar-refractivity contribution is -0.143. The van der Waals surface area contributed by atoms with E-state index in [0.717, 1.165) is 5.56 Å². The normalized spacial score (nSPS) is 14.2. The first kappa shape index (κ1) is 21.5. The van der Waals surface area contributed by atoms with E-state index in [-0.39, 0.29) is 18.4 Å². The minimum atomic E-state index is -1.11. The fourth-order valence-electron chi connectivity index (χ4n) is 2.35. The number of benzene rings is 1. The van der Waals surface area contributed by atoms with Gasteiger partial charge in [0, 0.05) is 0 Å². The standard InChI is InChI=1S/C19H28N2O5/c1-5-13(4)16(17(22)20-15(12(2)3)18(23)24)21-19(25)26-11-14-9-7-6-8-10-14/h6-10,12-13,15-16H,5,11H2,1-4H3,(H,20,22)(H,21,25)(H,23,24)/t13-,15+,16-/m1/s1. The Balaban J connectivity index is 2.71. The maximum Gasteiger partial charge on any atom is 0.408 e. The van der Waals surface area contributed by atoms with Crippen molar-refractivity contribution in [2.24, 2.45) is 11.8 Å². The zero-order chi connectivity index (χ0) is 19.7. The maximum atomic E-state index is 12.5. The average Bonchev–Trinajstić information content (AvgIpc) is 2.61. The molecule has 3 atom stereocenters. The number of ether oxygens (including phenoxy) is 1. The summed E-state index contributed by atoms with van der Waals surface area (Å²) in [6, 6.07) is 7.30. The summed E-state index contributed by atoms with van der Waals surface area (Å²) in [4.78, 5) is 35.9. The summed E-state index contributed by atoms with van der Waals surface area (Å²) in [5, 5.41) is 14.3. The van der Waals surface area contributed by atoms with Gasteiger partial charge in [0.25, 0.3) is 0 Å². The predicted octanol–water partition coefficient (Wildman–Crippen LogP) is 2.55. The monoisotopic (exact) mass is 364 g/mol. The molecule has 0 saturated heterocycles. The van der Waals surface area contributed by atoms with Crippen LogP contribution in [0, 0.1) is 11.8 Å². The van der Waals surface area contributed by atoms with Crippen molar-refractivity contribution in [3.8, 4) is 0 Å². The molecular weight excluding hydrogens is 336 g/mol. The van der Waals surface area contributed by atoms with Gasteiger partial charge >= 0.3 is 12.1 Å². The number of carboxylic acid groups (broad SMARTS) is 1. The van der Waals surface area contributed by atoms with Crippen LogP contribution in [0.5, 0.6) is 0 Å². The van der Waals surface area contributed by atoms with Gasteiger partial charge < -0.3 is 20.5 Å². The van der Waals surface area contributed by atoms with E-state index in [1.807, 2.05) is 44.2 Å². The molecule has 7 nitrogen and oxygen atoms in total. The highest BCUT2D eigenvalue weighted by molar-refractivity contribution is 5.89. The van der Waals surface area contributed by atoms with Gasteiger partial charge in [0.05, 0.1) is 0 Å². The second kappa shape index (κ2) is 10.4. The molecule has 0 saturated carbocycles. The lowest BCUT2D eigenvalue weighted by Gasteiger charge is -2.26. The second-order valence-corrected chi connectivity index (χ2v) is 6.64. The van der Waals surface area contributed by atoms with Crippen molar-refractivity contribution < 1.29 is 24.2 Å². The maximum absolute atomic E-state index is 12.5. The van der Waals surface area contributed by atoms with Crippen LogP contribution >= 0.6 is 0 Å². The topological polar surface area (TPSA) is 105 Å². The summed E-state index contributed by atoms with van der Waals surface area (Å²) in [6.45, 7) is 7.20. The van der Waals surface area contributed by atoms with Crippen molar-refractivity contribution in [3.05, 3.63) is 35.9 Å². The molecule has 3 N–H and O–H groups in total. The van der Waals surface area contributed by atoms with Gasteiger partial charge in [-0.15, -0.1) is 0 Å². The van der Waals surface area contributed by atoms with Gasteiger partial charge in [-0.25, -0.2) is 9.59 Å². The smallest absolute Gasteiger partial charge is 0.408 e. The van der Waals surface area contributed by atoms with Gasteiger partial charge in [0.15, 0.2) is 0 Å². The largest absolute Gasteiger partial charge is 0.480 e. The summed E-state index contributed by atoms with van der Waals surface area (Å²) >= 11 is 0. The minimum absolute atomic E-state index is 0.0886. The number of alkyl carbamates (subject to hydrolysis) is 1. The molecular formula is C19H28N2O5. The van der Waals surface area contributed by atoms with Gasteiger partial charge in [-0.2, -0.15) is 0 Å². The van der Waals surface area contributed by atoms with E-state index in [4.69, 9.17) is 4.74 Å². The van der Waals surface area contributed by atoms with Crippen LogP contribution in [0.2, 0.25) is 0 Å². The first-order valence-corrected chi connectivity index (χ1v) is 8.76. The number of aliphatic carboxylic acids is 1. The Morgan fingerprint density at radius 3 is 2.15 bits per heavy atom. The summed E-state index contributed by atoms with van der Waals surface area (Å²) in [6.07, 6.45) is -0.0815. The molecule has 0 aromatic heterocycles. The van der Waals surface area contributed by atoms with Crippen molar-refractivity contribution in [2.75, 3.05) is 0 Å². The SMILES string of the molecule is CC[C@@H](C)[C@@H](NC(=O)OCc1ccccc1)C(=O)N[C@H](C(=O)O)C(C)C. The number of hydrogen-bond donors (Lipinski definition) is 3. The Labute approximate surface area is 154 Å². The zero-order valence-corrected chi connectivity index (χ0v) is 15.7. The van der Waals surface area contributed by atoms with Crippen molar-refractivity contribution in [2.45, 2.75) is 52.8 Å². The lowest BCUT2D eigenvalue weighted by Crippen LogP contribution is -2.55. The number of carbonyl (C=O) groups excluding carboxylic acids is 2. The van der Waals surface area contributed by atoms with Crippen LogP contribution in [0.3, 0.4) is 0 Å². The van der Waals surface area contributed by atoms with Crippen LogP contribution in [0.4, 0.5) is 4.79 Å². The third kappa shape index (κ3) is 6.74. The third-order valence-electron chi connectivity index (χ3n) is 4.21. The van der Waals surface area contributed by atoms with E-state index in [1.54, 1.807) is 13.8 Å². The Kier molecular flexibility index (Phi) is 8.61. The molecule has 1 aromatic carbocycles. The van der Waals surface area contributed by atoms with E-state index >= 15 is 0 Å². The van der Waals surface area contributed by atoms with Gasteiger partial charge in [-0.3, -0.25) is 4.79 Å². The minimum Gasteiger partial charge on any atom is -0.480 e. The molecule has 7 heteroatoms. The summed E-state index contributed by atoms with van der Waals surface area (Å²) in [5.74, 6) is -2.10. The number of hydrogen-bond acceptors (Lipinski definition) is 4. The molecule has 0 aliphatic rings. The number of amides is 2. The average molecular weight is 364 g/mol. The molecule has 1 rings (SSSR count). The van der Waals surface area contributed by atoms with Crippen molar-refractivity contribution >= 4 is 18.0 Å². The van der Waals surface area contributed by atoms with Gasteiger partial charge in [-0.1, -0.05) is 64.4 Å². The molecule has 0 fully saturated rings. The molecule has 0 radical (unpaired) electrons. The van der Waals surface area contributed by atoms with Crippen LogP contribution in [0.1, 0.15) is 39.7 Å². The van der Waals surface area contributed by atoms with Crippen molar-refractivity contribution in [1.82, 2.24) is 10.6 Å². The highest BCUT2D eigenvalue weighted by Crippen LogP contribution is 2.11. The Morgan fingerprint density at radius 1 is 1.04 bits per heavy atom. The molecule has 144 valence electrons. The Bertz CT molecular complexity index is 603. The summed E-state index contributed by atoms with van der Waals surface area (Å²) in [5.41, 5.74) is 0.831. The number of carboxylic acids is 1. The van der Waals surface area contributed by atoms with Crippen LogP contribution < -0.4 is 10.6 Å². The Hall–Kier alpha value is -2.57. The molecule has 1 aromatic rings. The van der Waals surface area contributed by atoms with E-state index in [0.29, 0.717) is 6.42 Å². The van der Waals surface area contributed by atoms with Crippen LogP contribution in [-0.4, -0.2) is 35.2 Å². The first-order valence-electron chi connectivity index (χ1n) is 8.76. The van der Waals surface area contributed by atoms with Gasteiger partial charge in [0.2, 0.25) is 5.91 Å². The lowest BCUT2D eigenvalue weighted by atomic mass is 9.97. The fourth-order valence-corrected chi connectivity index (χ4v) is 2.35. The molecule has 0 unspecified atom stereocenters. The number of nitrogens with one attached hydrogen (secondary N) is 2. The summed E-state index contributed by atoms with van der Waals surface area (Å²) in [7, 11) is 0. The summed E-state index contributed by atoms with van der Waals surface area (Å²) < 4.78 is 5.16. The van der Waals surface area contributed by atoms with Crippen LogP contribution in [0.25, 0.3) is 0 Å². The van der Waals surface area contributed by atoms with Gasteiger partial charge in [0.1, 0.15) is 18.7 Å². The van der Waals surface area contributed by atoms with E-state index < -0.39 is 30.1 Å². The highest BCUT2D eigenvalue weighted by Gasteiger charge is 2.31. The second-order valence-electron chi connectivity index (χ2n) is 6.64. The molecule has 26 heavy (non-hydrogen) atoms. The molecule has 0 aliphatic heterocycles. The third-order valence-corrected chi connectivity index (χ3v) is 4.21. The molecule has 2 amide bonds. The number of carbonyl (C=O) groups is 3. The molecule has 0 heterocycles. The van der Waals surface area contributed by atoms with Crippen LogP contribution in [0.15, 0.2) is 30.3 Å². The fraction of sp³-hybridized carbons (Fsp3) is 0.526. The number of rotatable bonds is 9. The van der Waals surface area contributed by atoms with E-state index in [9.17, 15) is 19.5 Å². The van der Waals surface area contributed by atoms with Crippen LogP contribution in [-0.2, 0) is 20.9 Å². The predicted molar refractivity (Wildman–Crippen MR) is 97.4 cm³/mol. The highest BCUT2D eigenvalue weighted by atomic mass is 16.5. The van der Waals surface area contributed by atoms with Crippen molar-refractivity contribution in [3.63, 3.8) is 0 Å². The van der Waals surface area contributed by atoms with E-state index in [1.165, 1.54) is 0 Å². The quantitative estimate of drug-likeness (QED) is 0.625. The van der Waals surface area contributed by atoms with E-state index in [2.05, 4.69) is 10.6 Å². The first-order chi connectivity index (χ1) is 12.3. The molecule has 0 spiro atoms.